The number of rotatable bonds is 1. The molecule has 0 saturated heterocycles. The Hall–Kier alpha value is -1.84. The normalized spacial score (nSPS) is 28.4. The SMILES string of the molecule is Cl.NC1C2CCCC1CC(C(=O)N1Cc3ccccc3-c3ccccc3C1)C2. The van der Waals surface area contributed by atoms with Crippen LogP contribution in [-0.2, 0) is 17.9 Å². The van der Waals surface area contributed by atoms with E-state index in [0.717, 1.165) is 12.8 Å². The molecular weight excluding hydrogens is 368 g/mol. The fourth-order valence-corrected chi connectivity index (χ4v) is 5.71. The van der Waals surface area contributed by atoms with Crippen LogP contribution in [0.5, 0.6) is 0 Å². The summed E-state index contributed by atoms with van der Waals surface area (Å²) in [4.78, 5) is 15.6. The maximum Gasteiger partial charge on any atom is 0.226 e. The van der Waals surface area contributed by atoms with E-state index in [4.69, 9.17) is 5.73 Å². The molecule has 0 spiro atoms. The number of halogens is 1. The van der Waals surface area contributed by atoms with Crippen molar-refractivity contribution in [1.82, 2.24) is 4.90 Å². The smallest absolute Gasteiger partial charge is 0.226 e. The van der Waals surface area contributed by atoms with Gasteiger partial charge in [-0.05, 0) is 59.8 Å². The summed E-state index contributed by atoms with van der Waals surface area (Å²) >= 11 is 0. The van der Waals surface area contributed by atoms with Crippen LogP contribution in [0.1, 0.15) is 43.2 Å². The fraction of sp³-hybridized carbons (Fsp3) is 0.458. The van der Waals surface area contributed by atoms with E-state index in [1.165, 1.54) is 41.5 Å². The summed E-state index contributed by atoms with van der Waals surface area (Å²) in [5.74, 6) is 1.57. The Morgan fingerprint density at radius 1 is 0.857 bits per heavy atom. The number of nitrogens with zero attached hydrogens (tertiary/aromatic N) is 1. The Bertz CT molecular complexity index is 806. The van der Waals surface area contributed by atoms with Crippen LogP contribution in [0.25, 0.3) is 11.1 Å². The third kappa shape index (κ3) is 3.35. The number of carbonyl (C=O) groups excluding carboxylic acids is 1. The predicted molar refractivity (Wildman–Crippen MR) is 115 cm³/mol. The molecular formula is C24H29ClN2O. The minimum absolute atomic E-state index is 0. The summed E-state index contributed by atoms with van der Waals surface area (Å²) in [5.41, 5.74) is 11.5. The molecule has 5 rings (SSSR count). The molecule has 3 nitrogen and oxygen atoms in total. The average molecular weight is 397 g/mol. The Labute approximate surface area is 173 Å². The van der Waals surface area contributed by atoms with E-state index < -0.39 is 0 Å². The maximum atomic E-state index is 13.5. The largest absolute Gasteiger partial charge is 0.334 e. The summed E-state index contributed by atoms with van der Waals surface area (Å²) in [5, 5.41) is 0. The van der Waals surface area contributed by atoms with Gasteiger partial charge in [0.1, 0.15) is 0 Å². The second kappa shape index (κ2) is 7.88. The van der Waals surface area contributed by atoms with Crippen molar-refractivity contribution >= 4 is 18.3 Å². The molecule has 0 radical (unpaired) electrons. The molecule has 0 aromatic heterocycles. The predicted octanol–water partition coefficient (Wildman–Crippen LogP) is 4.77. The average Bonchev–Trinajstić information content (AvgIpc) is 2.84. The third-order valence-corrected chi connectivity index (χ3v) is 7.12. The third-order valence-electron chi connectivity index (χ3n) is 7.12. The molecule has 2 aliphatic carbocycles. The Kier molecular flexibility index (Phi) is 5.48. The van der Waals surface area contributed by atoms with Gasteiger partial charge in [-0.1, -0.05) is 55.0 Å². The van der Waals surface area contributed by atoms with Crippen molar-refractivity contribution in [3.63, 3.8) is 0 Å². The van der Waals surface area contributed by atoms with Gasteiger partial charge in [0.2, 0.25) is 5.91 Å². The lowest BCUT2D eigenvalue weighted by Crippen LogP contribution is -2.49. The molecule has 148 valence electrons. The number of amides is 1. The van der Waals surface area contributed by atoms with E-state index in [0.29, 0.717) is 36.9 Å². The van der Waals surface area contributed by atoms with Crippen LogP contribution < -0.4 is 5.73 Å². The molecule has 2 unspecified atom stereocenters. The maximum absolute atomic E-state index is 13.5. The zero-order chi connectivity index (χ0) is 18.4. The molecule has 2 bridgehead atoms. The highest BCUT2D eigenvalue weighted by Gasteiger charge is 2.41. The monoisotopic (exact) mass is 396 g/mol. The van der Waals surface area contributed by atoms with Crippen molar-refractivity contribution in [2.45, 2.75) is 51.2 Å². The van der Waals surface area contributed by atoms with Crippen molar-refractivity contribution in [1.29, 1.82) is 0 Å². The summed E-state index contributed by atoms with van der Waals surface area (Å²) in [6, 6.07) is 17.4. The molecule has 1 amide bonds. The van der Waals surface area contributed by atoms with Gasteiger partial charge < -0.3 is 10.6 Å². The molecule has 2 fully saturated rings. The van der Waals surface area contributed by atoms with E-state index >= 15 is 0 Å². The van der Waals surface area contributed by atoms with Crippen molar-refractivity contribution in [3.8, 4) is 11.1 Å². The minimum atomic E-state index is 0. The van der Waals surface area contributed by atoms with Crippen LogP contribution in [0.2, 0.25) is 0 Å². The van der Waals surface area contributed by atoms with Gasteiger partial charge in [0.05, 0.1) is 0 Å². The van der Waals surface area contributed by atoms with Gasteiger partial charge in [0, 0.05) is 25.0 Å². The quantitative estimate of drug-likeness (QED) is 0.754. The van der Waals surface area contributed by atoms with Crippen molar-refractivity contribution in [2.75, 3.05) is 0 Å². The Morgan fingerprint density at radius 2 is 1.36 bits per heavy atom. The lowest BCUT2D eigenvalue weighted by atomic mass is 9.65. The highest BCUT2D eigenvalue weighted by molar-refractivity contribution is 5.85. The molecule has 28 heavy (non-hydrogen) atoms. The fourth-order valence-electron chi connectivity index (χ4n) is 5.71. The van der Waals surface area contributed by atoms with E-state index in [9.17, 15) is 4.79 Å². The first-order valence-electron chi connectivity index (χ1n) is 10.4. The molecule has 2 N–H and O–H groups in total. The number of fused-ring (bicyclic) bond motifs is 5. The second-order valence-electron chi connectivity index (χ2n) is 8.71. The Morgan fingerprint density at radius 3 is 1.89 bits per heavy atom. The van der Waals surface area contributed by atoms with Gasteiger partial charge in [-0.25, -0.2) is 0 Å². The van der Waals surface area contributed by atoms with Crippen molar-refractivity contribution in [3.05, 3.63) is 59.7 Å². The minimum Gasteiger partial charge on any atom is -0.334 e. The van der Waals surface area contributed by atoms with Gasteiger partial charge in [0.15, 0.2) is 0 Å². The van der Waals surface area contributed by atoms with Gasteiger partial charge in [-0.3, -0.25) is 4.79 Å². The van der Waals surface area contributed by atoms with E-state index in [1.807, 2.05) is 0 Å². The number of hydrogen-bond donors (Lipinski definition) is 1. The van der Waals surface area contributed by atoms with E-state index in [-0.39, 0.29) is 18.3 Å². The highest BCUT2D eigenvalue weighted by atomic mass is 35.5. The standard InChI is InChI=1S/C24H28N2O.ClH/c25-23-16-8-5-9-17(23)13-20(12-16)24(27)26-14-18-6-1-3-10-21(18)22-11-4-2-7-19(22)15-26;/h1-4,6-7,10-11,16-17,20,23H,5,8-9,12-15,25H2;1H. The topological polar surface area (TPSA) is 46.3 Å². The first-order valence-corrected chi connectivity index (χ1v) is 10.4. The van der Waals surface area contributed by atoms with Gasteiger partial charge in [0.25, 0.3) is 0 Å². The first kappa shape index (κ1) is 19.5. The van der Waals surface area contributed by atoms with Gasteiger partial charge in [-0.15, -0.1) is 12.4 Å². The van der Waals surface area contributed by atoms with Crippen LogP contribution in [0.15, 0.2) is 48.5 Å². The summed E-state index contributed by atoms with van der Waals surface area (Å²) in [6.07, 6.45) is 5.65. The number of benzene rings is 2. The van der Waals surface area contributed by atoms with E-state index in [2.05, 4.69) is 53.4 Å². The van der Waals surface area contributed by atoms with E-state index in [1.54, 1.807) is 0 Å². The summed E-state index contributed by atoms with van der Waals surface area (Å²) in [6.45, 7) is 1.42. The first-order chi connectivity index (χ1) is 13.2. The summed E-state index contributed by atoms with van der Waals surface area (Å²) < 4.78 is 0. The van der Waals surface area contributed by atoms with Crippen molar-refractivity contribution < 1.29 is 4.79 Å². The van der Waals surface area contributed by atoms with Crippen LogP contribution in [0.4, 0.5) is 0 Å². The molecule has 2 saturated carbocycles. The molecule has 1 heterocycles. The molecule has 2 atom stereocenters. The van der Waals surface area contributed by atoms with Gasteiger partial charge in [-0.2, -0.15) is 0 Å². The number of hydrogen-bond acceptors (Lipinski definition) is 2. The van der Waals surface area contributed by atoms with Crippen LogP contribution in [0.3, 0.4) is 0 Å². The molecule has 3 aliphatic rings. The Balaban J connectivity index is 0.00000192. The zero-order valence-corrected chi connectivity index (χ0v) is 17.0. The highest BCUT2D eigenvalue weighted by Crippen LogP contribution is 2.43. The zero-order valence-electron chi connectivity index (χ0n) is 16.2. The number of nitrogens with two attached hydrogens (primary N) is 1. The summed E-state index contributed by atoms with van der Waals surface area (Å²) in [7, 11) is 0. The molecule has 2 aromatic carbocycles. The number of carbonyl (C=O) groups is 1. The lowest BCUT2D eigenvalue weighted by molar-refractivity contribution is -0.139. The van der Waals surface area contributed by atoms with Crippen LogP contribution in [-0.4, -0.2) is 16.8 Å². The molecule has 2 aromatic rings. The van der Waals surface area contributed by atoms with Crippen LogP contribution >= 0.6 is 12.4 Å². The second-order valence-corrected chi connectivity index (χ2v) is 8.71. The van der Waals surface area contributed by atoms with Crippen molar-refractivity contribution in [2.24, 2.45) is 23.5 Å². The lowest BCUT2D eigenvalue weighted by Gasteiger charge is -2.44. The molecule has 4 heteroatoms. The van der Waals surface area contributed by atoms with Crippen LogP contribution in [0, 0.1) is 17.8 Å². The molecule has 1 aliphatic heterocycles. The van der Waals surface area contributed by atoms with Gasteiger partial charge >= 0.3 is 0 Å².